The van der Waals surface area contributed by atoms with Crippen LogP contribution in [0.25, 0.3) is 11.0 Å². The number of hydrogen-bond donors (Lipinski definition) is 2. The molecule has 2 rings (SSSR count). The third-order valence-corrected chi connectivity index (χ3v) is 4.10. The third-order valence-electron chi connectivity index (χ3n) is 4.10. The summed E-state index contributed by atoms with van der Waals surface area (Å²) in [6, 6.07) is 6.57. The van der Waals surface area contributed by atoms with E-state index in [0.29, 0.717) is 5.39 Å². The quantitative estimate of drug-likeness (QED) is 0.667. The fourth-order valence-corrected chi connectivity index (χ4v) is 2.28. The highest BCUT2D eigenvalue weighted by Crippen LogP contribution is 2.28. The summed E-state index contributed by atoms with van der Waals surface area (Å²) in [7, 11) is 0. The van der Waals surface area contributed by atoms with E-state index in [9.17, 15) is 19.8 Å². The molecular formula is C17H19NO5. The average Bonchev–Trinajstić information content (AvgIpc) is 2.46. The number of aliphatic carboxylic acids is 1. The lowest BCUT2D eigenvalue weighted by molar-refractivity contribution is -0.144. The van der Waals surface area contributed by atoms with E-state index in [2.05, 4.69) is 4.99 Å². The van der Waals surface area contributed by atoms with Crippen molar-refractivity contribution in [2.24, 2.45) is 10.9 Å². The maximum absolute atomic E-state index is 12.2. The number of nitrogens with zero attached hydrogens (tertiary/aromatic N) is 1. The Labute approximate surface area is 133 Å². The average molecular weight is 317 g/mol. The van der Waals surface area contributed by atoms with Crippen LogP contribution in [0.3, 0.4) is 0 Å². The zero-order valence-corrected chi connectivity index (χ0v) is 13.5. The number of hydrogen-bond acceptors (Lipinski definition) is 5. The number of benzene rings is 1. The molecule has 2 aromatic rings. The number of carboxylic acid groups (broad SMARTS) is 1. The van der Waals surface area contributed by atoms with Crippen molar-refractivity contribution in [2.45, 2.75) is 33.2 Å². The summed E-state index contributed by atoms with van der Waals surface area (Å²) in [4.78, 5) is 27.9. The van der Waals surface area contributed by atoms with E-state index < -0.39 is 17.1 Å². The first-order valence-electron chi connectivity index (χ1n) is 7.23. The van der Waals surface area contributed by atoms with Crippen LogP contribution >= 0.6 is 0 Å². The fraction of sp³-hybridized carbons (Fsp3) is 0.353. The van der Waals surface area contributed by atoms with Gasteiger partial charge in [-0.3, -0.25) is 4.99 Å². The number of para-hydroxylation sites is 1. The highest BCUT2D eigenvalue weighted by Gasteiger charge is 2.37. The number of aromatic hydroxyl groups is 1. The van der Waals surface area contributed by atoms with Crippen molar-refractivity contribution in [1.82, 2.24) is 0 Å². The van der Waals surface area contributed by atoms with Gasteiger partial charge in [-0.25, -0.2) is 9.59 Å². The molecular weight excluding hydrogens is 298 g/mol. The highest BCUT2D eigenvalue weighted by atomic mass is 16.4. The molecule has 0 spiro atoms. The van der Waals surface area contributed by atoms with Crippen LogP contribution in [0.5, 0.6) is 5.75 Å². The minimum Gasteiger partial charge on any atom is -0.506 e. The first-order chi connectivity index (χ1) is 10.7. The lowest BCUT2D eigenvalue weighted by atomic mass is 9.89. The second-order valence-corrected chi connectivity index (χ2v) is 5.91. The first kappa shape index (κ1) is 16.7. The van der Waals surface area contributed by atoms with Gasteiger partial charge in [0.05, 0.1) is 11.1 Å². The molecule has 0 fully saturated rings. The standard InChI is InChI=1S/C17H19NO5/c1-9(2)17(4,16(21)22)18-10(3)13-14(19)11-7-5-6-8-12(11)23-15(13)20/h5-9,19H,1-4H3,(H,21,22). The predicted octanol–water partition coefficient (Wildman–Crippen LogP) is 2.81. The van der Waals surface area contributed by atoms with Crippen LogP contribution in [0.1, 0.15) is 33.3 Å². The van der Waals surface area contributed by atoms with Crippen molar-refractivity contribution in [3.05, 3.63) is 40.2 Å². The van der Waals surface area contributed by atoms with Crippen molar-refractivity contribution in [2.75, 3.05) is 0 Å². The van der Waals surface area contributed by atoms with Crippen molar-refractivity contribution in [1.29, 1.82) is 0 Å². The van der Waals surface area contributed by atoms with Gasteiger partial charge in [0.15, 0.2) is 5.54 Å². The zero-order chi connectivity index (χ0) is 17.4. The van der Waals surface area contributed by atoms with Gasteiger partial charge in [-0.1, -0.05) is 26.0 Å². The summed E-state index contributed by atoms with van der Waals surface area (Å²) >= 11 is 0. The number of fused-ring (bicyclic) bond motifs is 1. The predicted molar refractivity (Wildman–Crippen MR) is 87.2 cm³/mol. The van der Waals surface area contributed by atoms with Crippen molar-refractivity contribution >= 4 is 22.7 Å². The molecule has 0 aliphatic rings. The Bertz CT molecular complexity index is 850. The molecule has 122 valence electrons. The second kappa shape index (κ2) is 5.87. The number of aliphatic imine (C=N–C) groups is 1. The molecule has 0 radical (unpaired) electrons. The van der Waals surface area contributed by atoms with E-state index in [0.717, 1.165) is 0 Å². The van der Waals surface area contributed by atoms with Crippen LogP contribution in [-0.4, -0.2) is 27.4 Å². The van der Waals surface area contributed by atoms with Crippen LogP contribution in [0.2, 0.25) is 0 Å². The zero-order valence-electron chi connectivity index (χ0n) is 13.5. The normalized spacial score (nSPS) is 14.9. The lowest BCUT2D eigenvalue weighted by Crippen LogP contribution is -2.39. The molecule has 6 nitrogen and oxygen atoms in total. The molecule has 0 saturated carbocycles. The van der Waals surface area contributed by atoms with Crippen molar-refractivity contribution in [3.8, 4) is 5.75 Å². The Morgan fingerprint density at radius 1 is 1.30 bits per heavy atom. The molecule has 1 aromatic heterocycles. The molecule has 0 amide bonds. The number of carboxylic acids is 1. The fourth-order valence-electron chi connectivity index (χ4n) is 2.28. The largest absolute Gasteiger partial charge is 0.506 e. The van der Waals surface area contributed by atoms with E-state index >= 15 is 0 Å². The Kier molecular flexibility index (Phi) is 4.27. The molecule has 23 heavy (non-hydrogen) atoms. The van der Waals surface area contributed by atoms with Crippen LogP contribution < -0.4 is 5.63 Å². The topological polar surface area (TPSA) is 100 Å². The molecule has 1 aromatic carbocycles. The van der Waals surface area contributed by atoms with Gasteiger partial charge in [0, 0.05) is 0 Å². The van der Waals surface area contributed by atoms with Crippen molar-refractivity contribution in [3.63, 3.8) is 0 Å². The Morgan fingerprint density at radius 2 is 1.91 bits per heavy atom. The van der Waals surface area contributed by atoms with Crippen LogP contribution in [0, 0.1) is 5.92 Å². The van der Waals surface area contributed by atoms with E-state index in [-0.39, 0.29) is 28.5 Å². The first-order valence-corrected chi connectivity index (χ1v) is 7.23. The monoisotopic (exact) mass is 317 g/mol. The Hall–Kier alpha value is -2.63. The van der Waals surface area contributed by atoms with Crippen molar-refractivity contribution < 1.29 is 19.4 Å². The number of rotatable bonds is 4. The maximum Gasteiger partial charge on any atom is 0.349 e. The lowest BCUT2D eigenvalue weighted by Gasteiger charge is -2.25. The SMILES string of the molecule is CC(=NC(C)(C(=O)O)C(C)C)c1c(O)c2ccccc2oc1=O. The van der Waals surface area contributed by atoms with Gasteiger partial charge in [-0.15, -0.1) is 0 Å². The molecule has 0 saturated heterocycles. The molecule has 0 aliphatic carbocycles. The molecule has 1 atom stereocenters. The summed E-state index contributed by atoms with van der Waals surface area (Å²) < 4.78 is 5.19. The van der Waals surface area contributed by atoms with Gasteiger partial charge in [0.25, 0.3) is 0 Å². The summed E-state index contributed by atoms with van der Waals surface area (Å²) in [6.07, 6.45) is 0. The maximum atomic E-state index is 12.2. The van der Waals surface area contributed by atoms with Crippen LogP contribution in [0.4, 0.5) is 0 Å². The molecule has 2 N–H and O–H groups in total. The molecule has 1 unspecified atom stereocenters. The van der Waals surface area contributed by atoms with Gasteiger partial charge in [0.1, 0.15) is 16.9 Å². The van der Waals surface area contributed by atoms with Gasteiger partial charge >= 0.3 is 11.6 Å². The van der Waals surface area contributed by atoms with Gasteiger partial charge in [-0.05, 0) is 31.9 Å². The summed E-state index contributed by atoms with van der Waals surface area (Å²) in [5.41, 5.74) is -1.89. The summed E-state index contributed by atoms with van der Waals surface area (Å²) in [5.74, 6) is -1.66. The minimum atomic E-state index is -1.41. The molecule has 1 heterocycles. The van der Waals surface area contributed by atoms with E-state index in [1.165, 1.54) is 13.8 Å². The van der Waals surface area contributed by atoms with Gasteiger partial charge in [0.2, 0.25) is 0 Å². The van der Waals surface area contributed by atoms with E-state index in [4.69, 9.17) is 4.42 Å². The highest BCUT2D eigenvalue weighted by molar-refractivity contribution is 6.05. The Balaban J connectivity index is 2.71. The summed E-state index contributed by atoms with van der Waals surface area (Å²) in [5, 5.41) is 20.2. The van der Waals surface area contributed by atoms with Gasteiger partial charge in [-0.2, -0.15) is 0 Å². The molecule has 6 heteroatoms. The van der Waals surface area contributed by atoms with Crippen LogP contribution in [-0.2, 0) is 4.79 Å². The Morgan fingerprint density at radius 3 is 2.48 bits per heavy atom. The summed E-state index contributed by atoms with van der Waals surface area (Å²) in [6.45, 7) is 6.43. The minimum absolute atomic E-state index is 0.114. The third kappa shape index (κ3) is 2.84. The van der Waals surface area contributed by atoms with E-state index in [1.54, 1.807) is 38.1 Å². The number of carbonyl (C=O) groups is 1. The van der Waals surface area contributed by atoms with E-state index in [1.807, 2.05) is 0 Å². The van der Waals surface area contributed by atoms with Gasteiger partial charge < -0.3 is 14.6 Å². The molecule has 0 bridgehead atoms. The molecule has 0 aliphatic heterocycles. The van der Waals surface area contributed by atoms with Crippen LogP contribution in [0.15, 0.2) is 38.5 Å². The smallest absolute Gasteiger partial charge is 0.349 e. The second-order valence-electron chi connectivity index (χ2n) is 5.91.